The van der Waals surface area contributed by atoms with Gasteiger partial charge in [0.15, 0.2) is 5.69 Å². The van der Waals surface area contributed by atoms with E-state index < -0.39 is 0 Å². The van der Waals surface area contributed by atoms with Crippen LogP contribution in [0.1, 0.15) is 29.0 Å². The topological polar surface area (TPSA) is 54.9 Å². The molecule has 1 heterocycles. The van der Waals surface area contributed by atoms with Crippen LogP contribution in [-0.2, 0) is 0 Å². The van der Waals surface area contributed by atoms with Gasteiger partial charge in [-0.25, -0.2) is 0 Å². The van der Waals surface area contributed by atoms with Crippen molar-refractivity contribution in [2.75, 3.05) is 0 Å². The van der Waals surface area contributed by atoms with Gasteiger partial charge >= 0.3 is 0 Å². The molecule has 0 bridgehead atoms. The molecule has 114 valence electrons. The highest BCUT2D eigenvalue weighted by atomic mass is 16.2. The molecule has 4 heteroatoms. The summed E-state index contributed by atoms with van der Waals surface area (Å²) in [6.45, 7) is 1.94. The van der Waals surface area contributed by atoms with Crippen molar-refractivity contribution in [2.45, 2.75) is 13.0 Å². The largest absolute Gasteiger partial charge is 0.344 e. The van der Waals surface area contributed by atoms with Crippen molar-refractivity contribution in [2.24, 2.45) is 0 Å². The summed E-state index contributed by atoms with van der Waals surface area (Å²) in [6, 6.07) is 23.0. The molecule has 0 aliphatic heterocycles. The predicted molar refractivity (Wildman–Crippen MR) is 89.8 cm³/mol. The molecule has 4 nitrogen and oxygen atoms in total. The first-order valence-corrected chi connectivity index (χ1v) is 7.49. The van der Waals surface area contributed by atoms with E-state index in [1.807, 2.05) is 73.7 Å². The van der Waals surface area contributed by atoms with Gasteiger partial charge in [-0.1, -0.05) is 60.7 Å². The molecule has 0 saturated carbocycles. The van der Waals surface area contributed by atoms with Gasteiger partial charge in [-0.3, -0.25) is 4.79 Å². The summed E-state index contributed by atoms with van der Waals surface area (Å²) in [4.78, 5) is 12.3. The number of carbonyl (C=O) groups excluding carboxylic acids is 1. The van der Waals surface area contributed by atoms with Crippen LogP contribution >= 0.6 is 0 Å². The van der Waals surface area contributed by atoms with Gasteiger partial charge in [0.05, 0.1) is 11.7 Å². The lowest BCUT2D eigenvalue weighted by Crippen LogP contribution is -2.27. The Morgan fingerprint density at radius 2 is 1.52 bits per heavy atom. The highest BCUT2D eigenvalue weighted by Crippen LogP contribution is 2.16. The summed E-state index contributed by atoms with van der Waals surface area (Å²) in [5.41, 5.74) is 3.09. The summed E-state index contributed by atoms with van der Waals surface area (Å²) in [7, 11) is 0. The highest BCUT2D eigenvalue weighted by molar-refractivity contribution is 5.92. The summed E-state index contributed by atoms with van der Waals surface area (Å²) in [5, 5.41) is 11.1. The second-order valence-corrected chi connectivity index (χ2v) is 5.28. The molecule has 1 amide bonds. The Morgan fingerprint density at radius 1 is 0.870 bits per heavy atom. The lowest BCUT2D eigenvalue weighted by Gasteiger charge is -2.13. The molecule has 0 spiro atoms. The van der Waals surface area contributed by atoms with Gasteiger partial charge in [0.1, 0.15) is 0 Å². The van der Waals surface area contributed by atoms with Crippen molar-refractivity contribution in [3.8, 4) is 11.3 Å². The number of nitrogens with one attached hydrogen (secondary N) is 1. The molecule has 0 aliphatic carbocycles. The van der Waals surface area contributed by atoms with Gasteiger partial charge in [0, 0.05) is 5.56 Å². The van der Waals surface area contributed by atoms with Crippen molar-refractivity contribution >= 4 is 5.91 Å². The average Bonchev–Trinajstić information content (AvgIpc) is 2.63. The van der Waals surface area contributed by atoms with Gasteiger partial charge in [-0.2, -0.15) is 0 Å². The molecule has 2 aromatic carbocycles. The fourth-order valence-electron chi connectivity index (χ4n) is 2.31. The molecule has 1 atom stereocenters. The van der Waals surface area contributed by atoms with Gasteiger partial charge in [0.25, 0.3) is 5.91 Å². The third kappa shape index (κ3) is 3.61. The Bertz CT molecular complexity index is 771. The lowest BCUT2D eigenvalue weighted by molar-refractivity contribution is 0.0934. The number of carbonyl (C=O) groups is 1. The third-order valence-electron chi connectivity index (χ3n) is 3.61. The first-order chi connectivity index (χ1) is 11.2. The van der Waals surface area contributed by atoms with E-state index in [1.165, 1.54) is 0 Å². The Kier molecular flexibility index (Phi) is 4.43. The second-order valence-electron chi connectivity index (χ2n) is 5.28. The molecule has 3 rings (SSSR count). The molecular weight excluding hydrogens is 286 g/mol. The van der Waals surface area contributed by atoms with Crippen LogP contribution in [0.2, 0.25) is 0 Å². The van der Waals surface area contributed by atoms with Crippen LogP contribution in [0.3, 0.4) is 0 Å². The van der Waals surface area contributed by atoms with E-state index in [1.54, 1.807) is 6.07 Å². The van der Waals surface area contributed by atoms with E-state index in [-0.39, 0.29) is 11.9 Å². The van der Waals surface area contributed by atoms with Crippen LogP contribution in [-0.4, -0.2) is 16.1 Å². The van der Waals surface area contributed by atoms with Crippen molar-refractivity contribution in [1.82, 2.24) is 15.5 Å². The van der Waals surface area contributed by atoms with Crippen molar-refractivity contribution in [1.29, 1.82) is 0 Å². The molecule has 0 fully saturated rings. The molecule has 0 aliphatic rings. The van der Waals surface area contributed by atoms with E-state index in [0.29, 0.717) is 5.69 Å². The van der Waals surface area contributed by atoms with Gasteiger partial charge in [-0.05, 0) is 24.6 Å². The minimum absolute atomic E-state index is 0.0840. The number of hydrogen-bond acceptors (Lipinski definition) is 3. The summed E-state index contributed by atoms with van der Waals surface area (Å²) in [5.74, 6) is -0.228. The Hall–Kier alpha value is -3.01. The number of aromatic nitrogens is 2. The zero-order chi connectivity index (χ0) is 16.1. The molecule has 23 heavy (non-hydrogen) atoms. The smallest absolute Gasteiger partial charge is 0.272 e. The molecular formula is C19H17N3O. The van der Waals surface area contributed by atoms with Crippen molar-refractivity contribution < 1.29 is 4.79 Å². The SMILES string of the molecule is CC(NC(=O)c1ccc(-c2ccccc2)nn1)c1ccccc1. The predicted octanol–water partition coefficient (Wildman–Crippen LogP) is 3.63. The number of rotatable bonds is 4. The first kappa shape index (κ1) is 14.9. The molecule has 1 N–H and O–H groups in total. The van der Waals surface area contributed by atoms with E-state index in [9.17, 15) is 4.79 Å². The normalized spacial score (nSPS) is 11.7. The zero-order valence-electron chi connectivity index (χ0n) is 12.8. The summed E-state index contributed by atoms with van der Waals surface area (Å²) >= 11 is 0. The van der Waals surface area contributed by atoms with Crippen LogP contribution in [0, 0.1) is 0 Å². The minimum atomic E-state index is -0.228. The Labute approximate surface area is 135 Å². The van der Waals surface area contributed by atoms with Crippen LogP contribution in [0.5, 0.6) is 0 Å². The maximum atomic E-state index is 12.3. The standard InChI is InChI=1S/C19H17N3O/c1-14(15-8-4-2-5-9-15)20-19(23)18-13-12-17(21-22-18)16-10-6-3-7-11-16/h2-14H,1H3,(H,20,23). The first-order valence-electron chi connectivity index (χ1n) is 7.49. The second kappa shape index (κ2) is 6.83. The average molecular weight is 303 g/mol. The van der Waals surface area contributed by atoms with Crippen LogP contribution in [0.4, 0.5) is 0 Å². The number of benzene rings is 2. The maximum absolute atomic E-state index is 12.3. The molecule has 0 saturated heterocycles. The van der Waals surface area contributed by atoms with Crippen LogP contribution in [0.15, 0.2) is 72.8 Å². The van der Waals surface area contributed by atoms with E-state index >= 15 is 0 Å². The summed E-state index contributed by atoms with van der Waals surface area (Å²) < 4.78 is 0. The monoisotopic (exact) mass is 303 g/mol. The molecule has 3 aromatic rings. The van der Waals surface area contributed by atoms with E-state index in [2.05, 4.69) is 15.5 Å². The number of hydrogen-bond donors (Lipinski definition) is 1. The van der Waals surface area contributed by atoms with Gasteiger partial charge < -0.3 is 5.32 Å². The summed E-state index contributed by atoms with van der Waals surface area (Å²) in [6.07, 6.45) is 0. The molecule has 1 aromatic heterocycles. The fourth-order valence-corrected chi connectivity index (χ4v) is 2.31. The van der Waals surface area contributed by atoms with Crippen molar-refractivity contribution in [3.63, 3.8) is 0 Å². The lowest BCUT2D eigenvalue weighted by atomic mass is 10.1. The van der Waals surface area contributed by atoms with E-state index in [0.717, 1.165) is 16.8 Å². The zero-order valence-corrected chi connectivity index (χ0v) is 12.8. The molecule has 0 radical (unpaired) electrons. The third-order valence-corrected chi connectivity index (χ3v) is 3.61. The highest BCUT2D eigenvalue weighted by Gasteiger charge is 2.13. The molecule has 1 unspecified atom stereocenters. The van der Waals surface area contributed by atoms with Crippen LogP contribution in [0.25, 0.3) is 11.3 Å². The number of amides is 1. The number of nitrogens with zero attached hydrogens (tertiary/aromatic N) is 2. The van der Waals surface area contributed by atoms with Gasteiger partial charge in [0.2, 0.25) is 0 Å². The Balaban J connectivity index is 1.71. The quantitative estimate of drug-likeness (QED) is 0.800. The minimum Gasteiger partial charge on any atom is -0.344 e. The van der Waals surface area contributed by atoms with Gasteiger partial charge in [-0.15, -0.1) is 10.2 Å². The Morgan fingerprint density at radius 3 is 2.13 bits per heavy atom. The van der Waals surface area contributed by atoms with E-state index in [4.69, 9.17) is 0 Å². The van der Waals surface area contributed by atoms with Crippen LogP contribution < -0.4 is 5.32 Å². The maximum Gasteiger partial charge on any atom is 0.272 e. The van der Waals surface area contributed by atoms with Crippen molar-refractivity contribution in [3.05, 3.63) is 84.1 Å². The fraction of sp³-hybridized carbons (Fsp3) is 0.105.